The van der Waals surface area contributed by atoms with Crippen molar-refractivity contribution in [2.24, 2.45) is 0 Å². The van der Waals surface area contributed by atoms with Gasteiger partial charge in [-0.05, 0) is 38.0 Å². The Hall–Kier alpha value is -3.35. The van der Waals surface area contributed by atoms with Crippen LogP contribution in [0.5, 0.6) is 0 Å². The number of H-pyrrole nitrogens is 1. The molecule has 0 saturated carbocycles. The van der Waals surface area contributed by atoms with Gasteiger partial charge in [-0.3, -0.25) is 4.79 Å². The number of benzene rings is 1. The fourth-order valence-corrected chi connectivity index (χ4v) is 4.13. The first kappa shape index (κ1) is 22.3. The number of rotatable bonds is 6. The number of esters is 2. The van der Waals surface area contributed by atoms with Gasteiger partial charge in [-0.2, -0.15) is 0 Å². The summed E-state index contributed by atoms with van der Waals surface area (Å²) in [7, 11) is 1.92. The highest BCUT2D eigenvalue weighted by molar-refractivity contribution is 6.00. The molecule has 2 heterocycles. The van der Waals surface area contributed by atoms with Crippen LogP contribution in [0.25, 0.3) is 0 Å². The van der Waals surface area contributed by atoms with Crippen LogP contribution in [0.1, 0.15) is 58.4 Å². The van der Waals surface area contributed by atoms with Gasteiger partial charge in [0.2, 0.25) is 0 Å². The minimum atomic E-state index is -0.690. The molecule has 164 valence electrons. The number of anilines is 1. The summed E-state index contributed by atoms with van der Waals surface area (Å²) in [5.74, 6) is -1.51. The van der Waals surface area contributed by atoms with E-state index in [1.165, 1.54) is 6.08 Å². The van der Waals surface area contributed by atoms with Crippen LogP contribution in [-0.4, -0.2) is 43.0 Å². The third kappa shape index (κ3) is 4.00. The lowest BCUT2D eigenvalue weighted by Crippen LogP contribution is -2.25. The zero-order chi connectivity index (χ0) is 22.9. The second-order valence-corrected chi connectivity index (χ2v) is 8.12. The van der Waals surface area contributed by atoms with Gasteiger partial charge >= 0.3 is 11.9 Å². The number of likely N-dealkylation sites (N-methyl/N-ethyl adjacent to an activating group) is 1. The Morgan fingerprint density at radius 1 is 1.10 bits per heavy atom. The van der Waals surface area contributed by atoms with Crippen LogP contribution in [0, 0.1) is 13.8 Å². The summed E-state index contributed by atoms with van der Waals surface area (Å²) in [4.78, 5) is 42.1. The highest BCUT2D eigenvalue weighted by Gasteiger charge is 2.38. The van der Waals surface area contributed by atoms with Crippen molar-refractivity contribution in [1.82, 2.24) is 4.98 Å². The van der Waals surface area contributed by atoms with Gasteiger partial charge in [-0.15, -0.1) is 0 Å². The average molecular weight is 424 g/mol. The van der Waals surface area contributed by atoms with Crippen molar-refractivity contribution in [3.05, 3.63) is 64.1 Å². The molecule has 0 spiro atoms. The Labute approximate surface area is 182 Å². The van der Waals surface area contributed by atoms with E-state index in [9.17, 15) is 14.4 Å². The van der Waals surface area contributed by atoms with Crippen molar-refractivity contribution in [2.45, 2.75) is 40.0 Å². The number of fused-ring (bicyclic) bond motifs is 1. The molecule has 0 radical (unpaired) electrons. The smallest absolute Gasteiger partial charge is 0.355 e. The van der Waals surface area contributed by atoms with Crippen LogP contribution in [-0.2, 0) is 19.7 Å². The summed E-state index contributed by atoms with van der Waals surface area (Å²) in [5, 5.41) is 0. The van der Waals surface area contributed by atoms with E-state index in [-0.39, 0.29) is 23.5 Å². The number of nitrogens with one attached hydrogen (secondary N) is 1. The maximum Gasteiger partial charge on any atom is 0.355 e. The molecule has 0 aliphatic carbocycles. The number of carbonyl (C=O) groups is 3. The topological polar surface area (TPSA) is 88.7 Å². The fourth-order valence-electron chi connectivity index (χ4n) is 4.13. The lowest BCUT2D eigenvalue weighted by atomic mass is 9.83. The number of carbonyl (C=O) groups excluding carboxylic acids is 3. The molecule has 7 nitrogen and oxygen atoms in total. The number of aryl methyl sites for hydroxylation is 1. The Kier molecular flexibility index (Phi) is 6.06. The zero-order valence-corrected chi connectivity index (χ0v) is 18.8. The molecular weight excluding hydrogens is 396 g/mol. The van der Waals surface area contributed by atoms with Gasteiger partial charge in [0.25, 0.3) is 0 Å². The van der Waals surface area contributed by atoms with E-state index in [4.69, 9.17) is 9.47 Å². The Balaban J connectivity index is 1.73. The lowest BCUT2D eigenvalue weighted by molar-refractivity contribution is -0.117. The molecule has 1 aromatic heterocycles. The Morgan fingerprint density at radius 3 is 2.42 bits per heavy atom. The molecule has 1 N–H and O–H groups in total. The molecule has 0 amide bonds. The summed E-state index contributed by atoms with van der Waals surface area (Å²) in [6.07, 6.45) is 1.53. The Morgan fingerprint density at radius 2 is 1.77 bits per heavy atom. The molecule has 0 saturated heterocycles. The molecule has 2 aromatic rings. The Bertz CT molecular complexity index is 1080. The van der Waals surface area contributed by atoms with Crippen molar-refractivity contribution < 1.29 is 23.9 Å². The quantitative estimate of drug-likeness (QED) is 0.560. The third-order valence-corrected chi connectivity index (χ3v) is 5.70. The summed E-state index contributed by atoms with van der Waals surface area (Å²) in [6.45, 7) is 9.00. The van der Waals surface area contributed by atoms with E-state index in [1.807, 2.05) is 30.1 Å². The van der Waals surface area contributed by atoms with Crippen molar-refractivity contribution >= 4 is 23.4 Å². The van der Waals surface area contributed by atoms with Crippen LogP contribution >= 0.6 is 0 Å². The van der Waals surface area contributed by atoms with E-state index in [0.717, 1.165) is 16.9 Å². The largest absolute Gasteiger partial charge is 0.462 e. The number of nitrogens with zero attached hydrogens (tertiary/aromatic N) is 1. The maximum absolute atomic E-state index is 12.6. The zero-order valence-electron chi connectivity index (χ0n) is 18.8. The molecule has 31 heavy (non-hydrogen) atoms. The van der Waals surface area contributed by atoms with E-state index in [0.29, 0.717) is 16.8 Å². The lowest BCUT2D eigenvalue weighted by Gasteiger charge is -2.23. The minimum Gasteiger partial charge on any atom is -0.462 e. The maximum atomic E-state index is 12.6. The number of ketones is 1. The van der Waals surface area contributed by atoms with E-state index >= 15 is 0 Å². The van der Waals surface area contributed by atoms with Crippen LogP contribution in [0.2, 0.25) is 0 Å². The highest BCUT2D eigenvalue weighted by atomic mass is 16.5. The number of hydrogen-bond acceptors (Lipinski definition) is 6. The molecule has 1 aliphatic heterocycles. The van der Waals surface area contributed by atoms with Crippen molar-refractivity contribution in [3.63, 3.8) is 0 Å². The number of allylic oxidation sites excluding steroid dienone is 1. The summed E-state index contributed by atoms with van der Waals surface area (Å²) < 4.78 is 10.3. The SMILES string of the molecule is CCOC(=O)c1c(C)[nH]c(C(=O)OCC(=O)C=C2N(C)c3ccccc3C2(C)C)c1C. The molecule has 3 rings (SSSR count). The van der Waals surface area contributed by atoms with Crippen LogP contribution in [0.4, 0.5) is 5.69 Å². The van der Waals surface area contributed by atoms with Gasteiger partial charge in [0.1, 0.15) is 5.69 Å². The van der Waals surface area contributed by atoms with Crippen LogP contribution in [0.15, 0.2) is 36.0 Å². The van der Waals surface area contributed by atoms with Gasteiger partial charge in [0, 0.05) is 35.6 Å². The predicted molar refractivity (Wildman–Crippen MR) is 117 cm³/mol. The molecule has 0 unspecified atom stereocenters. The molecule has 0 bridgehead atoms. The summed E-state index contributed by atoms with van der Waals surface area (Å²) >= 11 is 0. The normalized spacial score (nSPS) is 15.7. The van der Waals surface area contributed by atoms with Gasteiger partial charge in [-0.25, -0.2) is 9.59 Å². The first-order valence-corrected chi connectivity index (χ1v) is 10.2. The summed E-state index contributed by atoms with van der Waals surface area (Å²) in [6, 6.07) is 8.00. The average Bonchev–Trinajstić information content (AvgIpc) is 3.12. The number of hydrogen-bond donors (Lipinski definition) is 1. The molecular formula is C24H28N2O5. The minimum absolute atomic E-state index is 0.145. The number of aromatic amines is 1. The van der Waals surface area contributed by atoms with Crippen LogP contribution < -0.4 is 4.90 Å². The van der Waals surface area contributed by atoms with Crippen molar-refractivity contribution in [2.75, 3.05) is 25.2 Å². The second-order valence-electron chi connectivity index (χ2n) is 8.12. The molecule has 0 fully saturated rings. The van der Waals surface area contributed by atoms with E-state index in [1.54, 1.807) is 20.8 Å². The fraction of sp³-hybridized carbons (Fsp3) is 0.375. The van der Waals surface area contributed by atoms with Crippen LogP contribution in [0.3, 0.4) is 0 Å². The predicted octanol–water partition coefficient (Wildman–Crippen LogP) is 3.85. The molecule has 1 aromatic carbocycles. The van der Waals surface area contributed by atoms with Gasteiger partial charge in [0.15, 0.2) is 12.4 Å². The first-order chi connectivity index (χ1) is 14.6. The van der Waals surface area contributed by atoms with E-state index in [2.05, 4.69) is 24.9 Å². The number of ether oxygens (including phenoxy) is 2. The van der Waals surface area contributed by atoms with Gasteiger partial charge < -0.3 is 19.4 Å². The standard InChI is InChI=1S/C24H28N2O5/c1-7-30-22(28)20-14(2)21(25-15(20)3)23(29)31-13-16(27)12-19-24(4,5)17-10-8-9-11-18(17)26(19)6/h8-12,25H,7,13H2,1-6H3. The number of para-hydroxylation sites is 1. The monoisotopic (exact) mass is 424 g/mol. The highest BCUT2D eigenvalue weighted by Crippen LogP contribution is 2.46. The van der Waals surface area contributed by atoms with Gasteiger partial charge in [-0.1, -0.05) is 32.0 Å². The van der Waals surface area contributed by atoms with Crippen molar-refractivity contribution in [1.29, 1.82) is 0 Å². The molecule has 0 atom stereocenters. The molecule has 7 heteroatoms. The molecule has 1 aliphatic rings. The van der Waals surface area contributed by atoms with Gasteiger partial charge in [0.05, 0.1) is 12.2 Å². The third-order valence-electron chi connectivity index (χ3n) is 5.70. The second kappa shape index (κ2) is 8.41. The van der Waals surface area contributed by atoms with E-state index < -0.39 is 18.5 Å². The van der Waals surface area contributed by atoms with Crippen molar-refractivity contribution in [3.8, 4) is 0 Å². The summed E-state index contributed by atoms with van der Waals surface area (Å²) in [5.41, 5.74) is 4.10. The first-order valence-electron chi connectivity index (χ1n) is 10.2. The number of aromatic nitrogens is 1.